The van der Waals surface area contributed by atoms with Gasteiger partial charge in [0, 0.05) is 41.7 Å². The van der Waals surface area contributed by atoms with Crippen molar-refractivity contribution in [2.45, 2.75) is 89.1 Å². The number of nitrogens with zero attached hydrogens (tertiary/aromatic N) is 6. The lowest BCUT2D eigenvalue weighted by Gasteiger charge is -2.39. The molecule has 1 aliphatic carbocycles. The summed E-state index contributed by atoms with van der Waals surface area (Å²) in [5.74, 6) is 0.975. The van der Waals surface area contributed by atoms with Crippen molar-refractivity contribution in [2.24, 2.45) is 11.7 Å². The Morgan fingerprint density at radius 3 is 2.53 bits per heavy atom. The van der Waals surface area contributed by atoms with E-state index < -0.39 is 24.5 Å². The molecule has 4 aliphatic rings. The van der Waals surface area contributed by atoms with Gasteiger partial charge in [-0.2, -0.15) is 0 Å². The molecule has 7 heterocycles. The van der Waals surface area contributed by atoms with Crippen molar-refractivity contribution in [1.82, 2.24) is 34.1 Å². The van der Waals surface area contributed by atoms with E-state index >= 15 is 0 Å². The van der Waals surface area contributed by atoms with Gasteiger partial charge in [0.1, 0.15) is 23.1 Å². The maximum Gasteiger partial charge on any atom is 0.522 e. The van der Waals surface area contributed by atoms with Crippen molar-refractivity contribution < 1.29 is 32.2 Å². The normalized spacial score (nSPS) is 23.0. The number of amides is 3. The van der Waals surface area contributed by atoms with E-state index in [1.165, 1.54) is 4.90 Å². The number of urea groups is 1. The van der Waals surface area contributed by atoms with Crippen LogP contribution in [0.25, 0.3) is 28.1 Å². The largest absolute Gasteiger partial charge is 0.522 e. The first-order valence-electron chi connectivity index (χ1n) is 16.8. The van der Waals surface area contributed by atoms with Crippen molar-refractivity contribution in [2.75, 3.05) is 20.2 Å². The average Bonchev–Trinajstić information content (AvgIpc) is 3.36. The molecule has 3 amide bonds. The van der Waals surface area contributed by atoms with E-state index in [9.17, 15) is 22.8 Å². The van der Waals surface area contributed by atoms with Crippen molar-refractivity contribution in [3.8, 4) is 17.3 Å². The number of nitrogens with one attached hydrogen (secondary N) is 1. The molecular formula is C34H39F3N8O4. The number of fused-ring (bicyclic) bond motifs is 4. The Hall–Kier alpha value is -4.37. The summed E-state index contributed by atoms with van der Waals surface area (Å²) < 4.78 is 51.4. The summed E-state index contributed by atoms with van der Waals surface area (Å²) in [4.78, 5) is 39.8. The Labute approximate surface area is 280 Å². The van der Waals surface area contributed by atoms with Crippen LogP contribution in [0, 0.1) is 12.8 Å². The van der Waals surface area contributed by atoms with Gasteiger partial charge in [-0.1, -0.05) is 0 Å². The number of carbonyl (C=O) groups is 2. The lowest BCUT2D eigenvalue weighted by atomic mass is 9.97. The number of carbonyl (C=O) groups excluding carboxylic acids is 2. The number of hydrogen-bond acceptors (Lipinski definition) is 7. The Balaban J connectivity index is 1.10. The Morgan fingerprint density at radius 1 is 1.10 bits per heavy atom. The zero-order chi connectivity index (χ0) is 34.4. The highest BCUT2D eigenvalue weighted by molar-refractivity contribution is 5.97. The Morgan fingerprint density at radius 2 is 1.88 bits per heavy atom. The highest BCUT2D eigenvalue weighted by Gasteiger charge is 2.47. The summed E-state index contributed by atoms with van der Waals surface area (Å²) in [6.07, 6.45) is -0.829. The molecule has 0 spiro atoms. The topological polar surface area (TPSA) is 132 Å². The van der Waals surface area contributed by atoms with E-state index in [0.717, 1.165) is 66.8 Å². The van der Waals surface area contributed by atoms with Gasteiger partial charge >= 0.3 is 12.4 Å². The summed E-state index contributed by atoms with van der Waals surface area (Å²) >= 11 is 0. The highest BCUT2D eigenvalue weighted by Crippen LogP contribution is 2.40. The number of methoxy groups -OCH3 is 1. The van der Waals surface area contributed by atoms with Crippen LogP contribution in [0.4, 0.5) is 18.0 Å². The average molecular weight is 681 g/mol. The predicted molar refractivity (Wildman–Crippen MR) is 173 cm³/mol. The van der Waals surface area contributed by atoms with Crippen LogP contribution in [-0.2, 0) is 11.3 Å². The van der Waals surface area contributed by atoms with E-state index in [2.05, 4.69) is 20.7 Å². The van der Waals surface area contributed by atoms with Crippen molar-refractivity contribution >= 4 is 28.6 Å². The van der Waals surface area contributed by atoms with Crippen LogP contribution in [0.3, 0.4) is 0 Å². The molecule has 3 saturated heterocycles. The molecule has 49 heavy (non-hydrogen) atoms. The molecule has 0 aromatic carbocycles. The monoisotopic (exact) mass is 680 g/mol. The van der Waals surface area contributed by atoms with E-state index in [1.54, 1.807) is 20.1 Å². The van der Waals surface area contributed by atoms with Crippen molar-refractivity contribution in [3.05, 3.63) is 47.3 Å². The van der Waals surface area contributed by atoms with E-state index in [-0.39, 0.29) is 37.1 Å². The summed E-state index contributed by atoms with van der Waals surface area (Å²) in [6.45, 7) is 4.25. The summed E-state index contributed by atoms with van der Waals surface area (Å²) in [5, 5.41) is 3.76. The minimum atomic E-state index is -4.73. The molecular weight excluding hydrogens is 641 g/mol. The molecule has 3 N–H and O–H groups in total. The van der Waals surface area contributed by atoms with Gasteiger partial charge in [-0.05, 0) is 76.1 Å². The first-order chi connectivity index (χ1) is 23.4. The van der Waals surface area contributed by atoms with Crippen LogP contribution >= 0.6 is 0 Å². The maximum atomic E-state index is 13.8. The van der Waals surface area contributed by atoms with Crippen LogP contribution in [0.2, 0.25) is 0 Å². The molecule has 2 bridgehead atoms. The number of halogens is 3. The molecule has 4 fully saturated rings. The second kappa shape index (κ2) is 11.6. The standard InChI is InChI=1S/C34H39F3N8O4/c1-17(39-33(47)42-15-23(16-42)49-34(35,36)37)25-8-6-20-10-27(43(31(20)40-25)14-19-4-5-19)30-18(2)44-28(41-30)11-21(12-29(44)48-3)32(46)45-22-7-9-26(45)24(38)13-22/h6,8,10-12,17,19,22-24,26H,4-5,7,9,13-16,38H2,1-3H3,(H,39,47)/t17-,22+,24-,26-/m1/s1. The number of nitrogens with two attached hydrogens (primary N) is 1. The zero-order valence-corrected chi connectivity index (χ0v) is 27.5. The third kappa shape index (κ3) is 5.66. The predicted octanol–water partition coefficient (Wildman–Crippen LogP) is 4.77. The fourth-order valence-corrected chi connectivity index (χ4v) is 7.83. The quantitative estimate of drug-likeness (QED) is 0.274. The lowest BCUT2D eigenvalue weighted by molar-refractivity contribution is -0.352. The smallest absolute Gasteiger partial charge is 0.482 e. The number of alkyl halides is 3. The molecule has 4 aromatic heterocycles. The highest BCUT2D eigenvalue weighted by atomic mass is 19.4. The third-order valence-corrected chi connectivity index (χ3v) is 10.6. The first kappa shape index (κ1) is 31.9. The minimum absolute atomic E-state index is 0.00499. The van der Waals surface area contributed by atoms with E-state index in [1.807, 2.05) is 34.4 Å². The van der Waals surface area contributed by atoms with Gasteiger partial charge in [0.25, 0.3) is 5.91 Å². The number of likely N-dealkylation sites (tertiary alicyclic amines) is 1. The first-order valence-corrected chi connectivity index (χ1v) is 16.8. The fraction of sp³-hybridized carbons (Fsp3) is 0.529. The molecule has 8 rings (SSSR count). The Bertz CT molecular complexity index is 1960. The van der Waals surface area contributed by atoms with Crippen LogP contribution < -0.4 is 15.8 Å². The second-order valence-electron chi connectivity index (χ2n) is 13.9. The van der Waals surface area contributed by atoms with Crippen LogP contribution in [0.5, 0.6) is 5.88 Å². The van der Waals surface area contributed by atoms with E-state index in [4.69, 9.17) is 20.4 Å². The van der Waals surface area contributed by atoms with Gasteiger partial charge in [0.2, 0.25) is 0 Å². The van der Waals surface area contributed by atoms with Gasteiger partial charge in [0.15, 0.2) is 5.88 Å². The molecule has 4 atom stereocenters. The van der Waals surface area contributed by atoms with Gasteiger partial charge in [-0.15, -0.1) is 13.2 Å². The number of ether oxygens (including phenoxy) is 2. The van der Waals surface area contributed by atoms with Crippen LogP contribution in [-0.4, -0.2) is 91.5 Å². The molecule has 15 heteroatoms. The van der Waals surface area contributed by atoms with Crippen LogP contribution in [0.1, 0.15) is 66.8 Å². The third-order valence-electron chi connectivity index (χ3n) is 10.6. The van der Waals surface area contributed by atoms with Gasteiger partial charge in [-0.3, -0.25) is 13.9 Å². The van der Waals surface area contributed by atoms with Crippen molar-refractivity contribution in [3.63, 3.8) is 0 Å². The summed E-state index contributed by atoms with van der Waals surface area (Å²) in [7, 11) is 1.59. The molecule has 0 unspecified atom stereocenters. The SMILES string of the molecule is COc1cc(C(=O)N2[C@H]3CC[C@@H]2[C@H](N)C3)cc2nc(-c3cc4ccc([C@@H](C)NC(=O)N5CC(OC(F)(F)F)C5)nc4n3CC3CC3)c(C)n12. The second-order valence-corrected chi connectivity index (χ2v) is 13.9. The number of pyridine rings is 2. The Kier molecular flexibility index (Phi) is 7.55. The molecule has 0 radical (unpaired) electrons. The van der Waals surface area contributed by atoms with Crippen LogP contribution in [0.15, 0.2) is 30.3 Å². The summed E-state index contributed by atoms with van der Waals surface area (Å²) in [6, 6.07) is 8.74. The number of aromatic nitrogens is 4. The number of hydrogen-bond donors (Lipinski definition) is 2. The maximum absolute atomic E-state index is 13.8. The summed E-state index contributed by atoms with van der Waals surface area (Å²) in [5.41, 5.74) is 11.3. The molecule has 12 nitrogen and oxygen atoms in total. The fourth-order valence-electron chi connectivity index (χ4n) is 7.83. The van der Waals surface area contributed by atoms with Gasteiger partial charge < -0.3 is 30.2 Å². The van der Waals surface area contributed by atoms with Gasteiger partial charge in [-0.25, -0.2) is 14.8 Å². The molecule has 4 aromatic rings. The number of imidazole rings is 1. The number of aryl methyl sites for hydroxylation is 1. The van der Waals surface area contributed by atoms with Crippen molar-refractivity contribution in [1.29, 1.82) is 0 Å². The zero-order valence-electron chi connectivity index (χ0n) is 27.5. The van der Waals surface area contributed by atoms with Gasteiger partial charge in [0.05, 0.1) is 43.3 Å². The number of rotatable bonds is 8. The van der Waals surface area contributed by atoms with E-state index in [0.29, 0.717) is 28.7 Å². The molecule has 3 aliphatic heterocycles. The molecule has 260 valence electrons. The lowest BCUT2D eigenvalue weighted by Crippen LogP contribution is -2.59. The minimum Gasteiger partial charge on any atom is -0.482 e. The molecule has 1 saturated carbocycles.